The molecule has 0 saturated heterocycles. The lowest BCUT2D eigenvalue weighted by atomic mass is 10.1. The number of aryl methyl sites for hydroxylation is 1. The van der Waals surface area contributed by atoms with Crippen LogP contribution < -0.4 is 0 Å². The minimum absolute atomic E-state index is 0.0287. The number of hydrogen-bond acceptors (Lipinski definition) is 2. The molecule has 0 spiro atoms. The maximum atomic E-state index is 13.5. The molecule has 3 aromatic rings. The summed E-state index contributed by atoms with van der Waals surface area (Å²) in [7, 11) is 1.99. The highest BCUT2D eigenvalue weighted by Gasteiger charge is 2.46. The largest absolute Gasteiger partial charge is 0.353 e. The third-order valence-corrected chi connectivity index (χ3v) is 6.52. The summed E-state index contributed by atoms with van der Waals surface area (Å²) in [5.74, 6) is 0.293. The van der Waals surface area contributed by atoms with Crippen molar-refractivity contribution in [2.45, 2.75) is 45.3 Å². The van der Waals surface area contributed by atoms with Crippen molar-refractivity contribution in [1.29, 1.82) is 0 Å². The number of benzene rings is 2. The lowest BCUT2D eigenvalue weighted by Crippen LogP contribution is -2.46. The van der Waals surface area contributed by atoms with Gasteiger partial charge in [-0.05, 0) is 49.4 Å². The van der Waals surface area contributed by atoms with E-state index in [1.165, 1.54) is 5.56 Å². The van der Waals surface area contributed by atoms with Crippen molar-refractivity contribution in [2.24, 2.45) is 13.0 Å². The molecule has 2 unspecified atom stereocenters. The van der Waals surface area contributed by atoms with Gasteiger partial charge in [-0.25, -0.2) is 0 Å². The Morgan fingerprint density at radius 2 is 1.61 bits per heavy atom. The van der Waals surface area contributed by atoms with Gasteiger partial charge in [0, 0.05) is 37.4 Å². The maximum Gasteiger partial charge on any atom is 0.242 e. The Bertz CT molecular complexity index is 1070. The Hall–Kier alpha value is -3.34. The smallest absolute Gasteiger partial charge is 0.242 e. The van der Waals surface area contributed by atoms with Crippen LogP contribution in [0.3, 0.4) is 0 Å². The second-order valence-electron chi connectivity index (χ2n) is 9.27. The zero-order valence-electron chi connectivity index (χ0n) is 19.7. The number of carbonyl (C=O) groups excluding carboxylic acids is 2. The van der Waals surface area contributed by atoms with E-state index in [0.717, 1.165) is 17.7 Å². The van der Waals surface area contributed by atoms with Crippen LogP contribution in [0.5, 0.6) is 0 Å². The number of hydrogen-bond donors (Lipinski definition) is 0. The third kappa shape index (κ3) is 5.54. The molecule has 1 aromatic heterocycles. The van der Waals surface area contributed by atoms with Crippen LogP contribution in [0, 0.1) is 5.92 Å². The van der Waals surface area contributed by atoms with Gasteiger partial charge >= 0.3 is 0 Å². The Balaban J connectivity index is 1.48. The molecule has 5 nitrogen and oxygen atoms in total. The van der Waals surface area contributed by atoms with E-state index in [1.54, 1.807) is 4.90 Å². The molecule has 1 aliphatic carbocycles. The molecule has 1 heterocycles. The fourth-order valence-corrected chi connectivity index (χ4v) is 4.40. The fraction of sp³-hybridized carbons (Fsp3) is 0.357. The molecule has 33 heavy (non-hydrogen) atoms. The summed E-state index contributed by atoms with van der Waals surface area (Å²) in [5.41, 5.74) is 3.35. The lowest BCUT2D eigenvalue weighted by molar-refractivity contribution is -0.143. The molecule has 1 saturated carbocycles. The van der Waals surface area contributed by atoms with Crippen LogP contribution in [0.15, 0.2) is 79.0 Å². The minimum Gasteiger partial charge on any atom is -0.353 e. The zero-order chi connectivity index (χ0) is 23.4. The van der Waals surface area contributed by atoms with E-state index >= 15 is 0 Å². The Morgan fingerprint density at radius 3 is 2.21 bits per heavy atom. The van der Waals surface area contributed by atoms with E-state index < -0.39 is 0 Å². The van der Waals surface area contributed by atoms with E-state index in [1.807, 2.05) is 97.2 Å². The normalized spacial score (nSPS) is 17.1. The van der Waals surface area contributed by atoms with E-state index in [4.69, 9.17) is 0 Å². The number of amides is 2. The zero-order valence-corrected chi connectivity index (χ0v) is 19.7. The van der Waals surface area contributed by atoms with Gasteiger partial charge in [0.05, 0.1) is 6.54 Å². The van der Waals surface area contributed by atoms with Crippen molar-refractivity contribution < 1.29 is 9.59 Å². The fourth-order valence-electron chi connectivity index (χ4n) is 4.40. The topological polar surface area (TPSA) is 45.6 Å². The maximum absolute atomic E-state index is 13.5. The first-order chi connectivity index (χ1) is 15.9. The first kappa shape index (κ1) is 22.8. The van der Waals surface area contributed by atoms with Crippen molar-refractivity contribution in [1.82, 2.24) is 14.4 Å². The van der Waals surface area contributed by atoms with Crippen LogP contribution in [-0.4, -0.2) is 38.8 Å². The van der Waals surface area contributed by atoms with E-state index in [9.17, 15) is 9.59 Å². The highest BCUT2D eigenvalue weighted by atomic mass is 16.2. The molecule has 172 valence electrons. The van der Waals surface area contributed by atoms with Crippen molar-refractivity contribution in [3.8, 4) is 0 Å². The molecule has 2 aromatic carbocycles. The monoisotopic (exact) mass is 443 g/mol. The second-order valence-corrected chi connectivity index (χ2v) is 9.27. The molecule has 5 heteroatoms. The van der Waals surface area contributed by atoms with Gasteiger partial charge in [-0.3, -0.25) is 9.59 Å². The number of nitrogens with zero attached hydrogens (tertiary/aromatic N) is 3. The number of carbonyl (C=O) groups is 2. The van der Waals surface area contributed by atoms with Crippen molar-refractivity contribution >= 4 is 11.8 Å². The quantitative estimate of drug-likeness (QED) is 0.485. The predicted molar refractivity (Wildman–Crippen MR) is 130 cm³/mol. The molecule has 1 fully saturated rings. The van der Waals surface area contributed by atoms with Crippen LogP contribution in [0.1, 0.15) is 43.0 Å². The Kier molecular flexibility index (Phi) is 6.97. The number of rotatable bonds is 9. The van der Waals surface area contributed by atoms with Crippen LogP contribution in [-0.2, 0) is 29.7 Å². The summed E-state index contributed by atoms with van der Waals surface area (Å²) in [6.07, 6.45) is 2.85. The van der Waals surface area contributed by atoms with Gasteiger partial charge in [0.1, 0.15) is 6.54 Å². The van der Waals surface area contributed by atoms with Crippen molar-refractivity contribution in [3.63, 3.8) is 0 Å². The first-order valence-corrected chi connectivity index (χ1v) is 11.7. The summed E-state index contributed by atoms with van der Waals surface area (Å²) in [6, 6.07) is 24.2. The van der Waals surface area contributed by atoms with Gasteiger partial charge in [-0.2, -0.15) is 0 Å². The van der Waals surface area contributed by atoms with Gasteiger partial charge in [0.2, 0.25) is 11.8 Å². The van der Waals surface area contributed by atoms with Crippen LogP contribution in [0.4, 0.5) is 0 Å². The SMILES string of the molecule is CC(C)N(CC(=O)N(Cc1ccccc1)Cc1cccn1C)C(=O)C1CC1c1ccccc1. The molecule has 0 N–H and O–H groups in total. The van der Waals surface area contributed by atoms with E-state index in [2.05, 4.69) is 12.1 Å². The van der Waals surface area contributed by atoms with Gasteiger partial charge < -0.3 is 14.4 Å². The molecule has 4 rings (SSSR count). The molecule has 0 radical (unpaired) electrons. The number of aromatic nitrogens is 1. The van der Waals surface area contributed by atoms with Crippen LogP contribution in [0.2, 0.25) is 0 Å². The minimum atomic E-state index is -0.0351. The summed E-state index contributed by atoms with van der Waals surface area (Å²) < 4.78 is 2.03. The summed E-state index contributed by atoms with van der Waals surface area (Å²) in [5, 5.41) is 0. The summed E-state index contributed by atoms with van der Waals surface area (Å²) in [6.45, 7) is 5.11. The van der Waals surface area contributed by atoms with E-state index in [-0.39, 0.29) is 36.2 Å². The highest BCUT2D eigenvalue weighted by molar-refractivity contribution is 5.88. The van der Waals surface area contributed by atoms with Gasteiger partial charge in [0.15, 0.2) is 0 Å². The van der Waals surface area contributed by atoms with E-state index in [0.29, 0.717) is 13.1 Å². The molecule has 1 aliphatic rings. The Morgan fingerprint density at radius 1 is 0.939 bits per heavy atom. The van der Waals surface area contributed by atoms with Crippen molar-refractivity contribution in [2.75, 3.05) is 6.54 Å². The van der Waals surface area contributed by atoms with Crippen LogP contribution >= 0.6 is 0 Å². The molecule has 0 bridgehead atoms. The average Bonchev–Trinajstić information content (AvgIpc) is 3.53. The average molecular weight is 444 g/mol. The van der Waals surface area contributed by atoms with Gasteiger partial charge in [-0.1, -0.05) is 60.7 Å². The predicted octanol–water partition coefficient (Wildman–Crippen LogP) is 4.59. The second kappa shape index (κ2) is 10.1. The highest BCUT2D eigenvalue weighted by Crippen LogP contribution is 2.48. The molecular formula is C28H33N3O2. The summed E-state index contributed by atoms with van der Waals surface area (Å²) in [4.78, 5) is 30.5. The third-order valence-electron chi connectivity index (χ3n) is 6.52. The van der Waals surface area contributed by atoms with Crippen molar-refractivity contribution in [3.05, 3.63) is 95.8 Å². The van der Waals surface area contributed by atoms with Gasteiger partial charge in [0.25, 0.3) is 0 Å². The lowest BCUT2D eigenvalue weighted by Gasteiger charge is -2.30. The molecule has 2 atom stereocenters. The molecule has 2 amide bonds. The Labute approximate surface area is 196 Å². The molecule has 0 aliphatic heterocycles. The molecular weight excluding hydrogens is 410 g/mol. The van der Waals surface area contributed by atoms with Crippen LogP contribution in [0.25, 0.3) is 0 Å². The first-order valence-electron chi connectivity index (χ1n) is 11.7. The summed E-state index contributed by atoms with van der Waals surface area (Å²) >= 11 is 0. The van der Waals surface area contributed by atoms with Gasteiger partial charge in [-0.15, -0.1) is 0 Å². The standard InChI is InChI=1S/C28H33N3O2/c1-21(2)31(28(33)26-17-25(26)23-13-8-5-9-14-23)20-27(32)30(18-22-11-6-4-7-12-22)19-24-15-10-16-29(24)3/h4-16,21,25-26H,17-20H2,1-3H3.